The topological polar surface area (TPSA) is 108 Å². The zero-order valence-electron chi connectivity index (χ0n) is 21.3. The molecule has 0 radical (unpaired) electrons. The summed E-state index contributed by atoms with van der Waals surface area (Å²) < 4.78 is 13.3. The van der Waals surface area contributed by atoms with Crippen molar-refractivity contribution in [3.8, 4) is 22.8 Å². The van der Waals surface area contributed by atoms with E-state index >= 15 is 0 Å². The van der Waals surface area contributed by atoms with Crippen LogP contribution < -0.4 is 10.5 Å². The minimum atomic E-state index is -0.326. The van der Waals surface area contributed by atoms with Crippen LogP contribution in [-0.2, 0) is 11.3 Å². The average molecular weight is 521 g/mol. The van der Waals surface area contributed by atoms with Crippen molar-refractivity contribution in [1.82, 2.24) is 24.5 Å². The van der Waals surface area contributed by atoms with E-state index in [1.54, 1.807) is 9.42 Å². The highest BCUT2D eigenvalue weighted by Gasteiger charge is 2.30. The number of fused-ring (bicyclic) bond motifs is 1. The summed E-state index contributed by atoms with van der Waals surface area (Å²) in [4.78, 5) is 23.8. The number of hydrogen-bond donors (Lipinski definition) is 1. The number of aromatic nitrogens is 4. The minimum Gasteiger partial charge on any atom is -0.457 e. The van der Waals surface area contributed by atoms with Crippen LogP contribution in [0.3, 0.4) is 0 Å². The van der Waals surface area contributed by atoms with E-state index in [1.807, 2.05) is 84.9 Å². The molecule has 5 aromatic rings. The van der Waals surface area contributed by atoms with Crippen molar-refractivity contribution in [1.29, 1.82) is 0 Å². The zero-order chi connectivity index (χ0) is 26.6. The van der Waals surface area contributed by atoms with Gasteiger partial charge in [-0.1, -0.05) is 48.5 Å². The van der Waals surface area contributed by atoms with Crippen LogP contribution in [0.15, 0.2) is 91.3 Å². The Morgan fingerprint density at radius 2 is 1.67 bits per heavy atom. The van der Waals surface area contributed by atoms with Crippen molar-refractivity contribution in [3.05, 3.63) is 103 Å². The average Bonchev–Trinajstić information content (AvgIpc) is 3.38. The van der Waals surface area contributed by atoms with E-state index in [2.05, 4.69) is 10.1 Å². The third-order valence-corrected chi connectivity index (χ3v) is 6.84. The Morgan fingerprint density at radius 3 is 2.44 bits per heavy atom. The van der Waals surface area contributed by atoms with Gasteiger partial charge < -0.3 is 20.1 Å². The molecule has 9 nitrogen and oxygen atoms in total. The van der Waals surface area contributed by atoms with Crippen molar-refractivity contribution >= 4 is 17.4 Å². The fraction of sp³-hybridized carbons (Fsp3) is 0.200. The molecule has 2 N–H and O–H groups in total. The summed E-state index contributed by atoms with van der Waals surface area (Å²) in [6.07, 6.45) is 2.81. The number of anilines is 1. The number of piperidine rings is 1. The molecule has 1 atom stereocenters. The van der Waals surface area contributed by atoms with Crippen LogP contribution in [0, 0.1) is 0 Å². The number of imidazole rings is 1. The SMILES string of the molecule is Nc1ncnn2c([C@@H]3CCCN(C(=O)OCc4ccccc4)C3)nc(-c3ccc(Oc4ccccc4)cc3)c12. The Bertz CT molecular complexity index is 1570. The molecule has 0 unspecified atom stereocenters. The van der Waals surface area contributed by atoms with Gasteiger partial charge in [0.05, 0.1) is 0 Å². The smallest absolute Gasteiger partial charge is 0.410 e. The van der Waals surface area contributed by atoms with Gasteiger partial charge in [-0.05, 0) is 54.8 Å². The molecule has 9 heteroatoms. The molecular weight excluding hydrogens is 492 g/mol. The van der Waals surface area contributed by atoms with Gasteiger partial charge in [-0.25, -0.2) is 19.3 Å². The van der Waals surface area contributed by atoms with Gasteiger partial charge in [-0.2, -0.15) is 5.10 Å². The molecule has 3 aromatic carbocycles. The molecule has 1 saturated heterocycles. The van der Waals surface area contributed by atoms with Crippen LogP contribution >= 0.6 is 0 Å². The van der Waals surface area contributed by atoms with E-state index in [4.69, 9.17) is 20.2 Å². The Labute approximate surface area is 225 Å². The second-order valence-electron chi connectivity index (χ2n) is 9.49. The van der Waals surface area contributed by atoms with Crippen molar-refractivity contribution in [2.24, 2.45) is 0 Å². The van der Waals surface area contributed by atoms with Crippen molar-refractivity contribution in [3.63, 3.8) is 0 Å². The first-order chi connectivity index (χ1) is 19.2. The number of likely N-dealkylation sites (tertiary alicyclic amines) is 1. The Morgan fingerprint density at radius 1 is 0.949 bits per heavy atom. The molecule has 0 bridgehead atoms. The van der Waals surface area contributed by atoms with E-state index in [1.165, 1.54) is 6.33 Å². The zero-order valence-corrected chi connectivity index (χ0v) is 21.3. The minimum absolute atomic E-state index is 0.0285. The fourth-order valence-corrected chi connectivity index (χ4v) is 4.91. The standard InChI is InChI=1S/C30H28N6O3/c31-28-27-26(22-13-15-25(16-14-22)39-24-11-5-2-6-12-24)34-29(36(27)33-20-32-28)23-10-7-17-35(18-23)30(37)38-19-21-8-3-1-4-9-21/h1-6,8-9,11-16,20,23H,7,10,17-19H2,(H2,31,32,33)/t23-/m1/s1. The number of carbonyl (C=O) groups excluding carboxylic acids is 1. The number of para-hydroxylation sites is 1. The summed E-state index contributed by atoms with van der Waals surface area (Å²) in [7, 11) is 0. The van der Waals surface area contributed by atoms with E-state index in [0.717, 1.165) is 41.3 Å². The highest BCUT2D eigenvalue weighted by molar-refractivity contribution is 5.85. The van der Waals surface area contributed by atoms with Gasteiger partial charge in [-0.3, -0.25) is 0 Å². The molecule has 1 aliphatic heterocycles. The lowest BCUT2D eigenvalue weighted by Crippen LogP contribution is -2.39. The number of nitrogen functional groups attached to an aromatic ring is 1. The molecule has 0 spiro atoms. The van der Waals surface area contributed by atoms with Crippen LogP contribution in [0.4, 0.5) is 10.6 Å². The lowest BCUT2D eigenvalue weighted by Gasteiger charge is -2.31. The lowest BCUT2D eigenvalue weighted by molar-refractivity contribution is 0.0852. The number of rotatable bonds is 6. The molecule has 1 fully saturated rings. The van der Waals surface area contributed by atoms with Gasteiger partial charge >= 0.3 is 6.09 Å². The highest BCUT2D eigenvalue weighted by Crippen LogP contribution is 2.34. The first-order valence-corrected chi connectivity index (χ1v) is 12.9. The first kappa shape index (κ1) is 24.4. The second-order valence-corrected chi connectivity index (χ2v) is 9.49. The quantitative estimate of drug-likeness (QED) is 0.307. The Kier molecular flexibility index (Phi) is 6.78. The summed E-state index contributed by atoms with van der Waals surface area (Å²) in [6.45, 7) is 1.37. The summed E-state index contributed by atoms with van der Waals surface area (Å²) in [6, 6.07) is 27.0. The molecule has 3 heterocycles. The number of carbonyl (C=O) groups is 1. The normalized spacial score (nSPS) is 15.3. The van der Waals surface area contributed by atoms with Gasteiger partial charge in [0.2, 0.25) is 0 Å². The third-order valence-electron chi connectivity index (χ3n) is 6.84. The van der Waals surface area contributed by atoms with E-state index in [0.29, 0.717) is 30.1 Å². The summed E-state index contributed by atoms with van der Waals surface area (Å²) in [5.41, 5.74) is 9.48. The summed E-state index contributed by atoms with van der Waals surface area (Å²) in [5.74, 6) is 2.55. The number of amides is 1. The summed E-state index contributed by atoms with van der Waals surface area (Å²) in [5, 5.41) is 4.49. The van der Waals surface area contributed by atoms with Gasteiger partial charge in [0, 0.05) is 24.6 Å². The van der Waals surface area contributed by atoms with Crippen LogP contribution in [0.2, 0.25) is 0 Å². The van der Waals surface area contributed by atoms with Gasteiger partial charge in [-0.15, -0.1) is 0 Å². The monoisotopic (exact) mass is 520 g/mol. The number of nitrogens with zero attached hydrogens (tertiary/aromatic N) is 5. The lowest BCUT2D eigenvalue weighted by atomic mass is 9.97. The number of nitrogens with two attached hydrogens (primary N) is 1. The summed E-state index contributed by atoms with van der Waals surface area (Å²) >= 11 is 0. The molecule has 1 amide bonds. The van der Waals surface area contributed by atoms with Crippen molar-refractivity contribution in [2.45, 2.75) is 25.4 Å². The maximum Gasteiger partial charge on any atom is 0.410 e. The molecule has 1 aliphatic rings. The molecule has 196 valence electrons. The molecule has 6 rings (SSSR count). The van der Waals surface area contributed by atoms with Crippen LogP contribution in [0.25, 0.3) is 16.8 Å². The molecule has 39 heavy (non-hydrogen) atoms. The van der Waals surface area contributed by atoms with Crippen LogP contribution in [-0.4, -0.2) is 43.7 Å². The van der Waals surface area contributed by atoms with E-state index in [9.17, 15) is 4.79 Å². The van der Waals surface area contributed by atoms with Gasteiger partial charge in [0.1, 0.15) is 41.5 Å². The molecule has 2 aromatic heterocycles. The highest BCUT2D eigenvalue weighted by atomic mass is 16.6. The second kappa shape index (κ2) is 10.8. The third kappa shape index (κ3) is 5.24. The van der Waals surface area contributed by atoms with Crippen molar-refractivity contribution in [2.75, 3.05) is 18.8 Å². The number of benzene rings is 3. The maximum absolute atomic E-state index is 12.9. The molecule has 0 aliphatic carbocycles. The number of ether oxygens (including phenoxy) is 2. The van der Waals surface area contributed by atoms with E-state index < -0.39 is 0 Å². The molecule has 0 saturated carbocycles. The van der Waals surface area contributed by atoms with Crippen LogP contribution in [0.5, 0.6) is 11.5 Å². The first-order valence-electron chi connectivity index (χ1n) is 12.9. The van der Waals surface area contributed by atoms with Gasteiger partial charge in [0.25, 0.3) is 0 Å². The largest absolute Gasteiger partial charge is 0.457 e. The molecular formula is C30H28N6O3. The van der Waals surface area contributed by atoms with E-state index in [-0.39, 0.29) is 18.6 Å². The Hall–Kier alpha value is -4.92. The van der Waals surface area contributed by atoms with Crippen molar-refractivity contribution < 1.29 is 14.3 Å². The number of hydrogen-bond acceptors (Lipinski definition) is 7. The van der Waals surface area contributed by atoms with Gasteiger partial charge in [0.15, 0.2) is 5.82 Å². The predicted octanol–water partition coefficient (Wildman–Crippen LogP) is 5.68. The predicted molar refractivity (Wildman–Crippen MR) is 147 cm³/mol. The van der Waals surface area contributed by atoms with Crippen LogP contribution in [0.1, 0.15) is 30.1 Å². The maximum atomic E-state index is 12.9. The fourth-order valence-electron chi connectivity index (χ4n) is 4.91. The Balaban J connectivity index is 1.24.